The normalized spacial score (nSPS) is 48.4. The number of fused-ring (bicyclic) bond motifs is 24. The summed E-state index contributed by atoms with van der Waals surface area (Å²) in [6.07, 6.45) is 44.1. The molecule has 0 saturated heterocycles. The maximum absolute atomic E-state index is 13.2. The number of carbonyl (C=O) groups excluding carboxylic acids is 5. The van der Waals surface area contributed by atoms with Crippen molar-refractivity contribution in [3.05, 3.63) is 34.4 Å². The Hall–Kier alpha value is -4.98. The Morgan fingerprint density at radius 1 is 0.531 bits per heavy atom. The number of esters is 1. The molecule has 0 aromatic carbocycles. The molecule has 23 heteroatoms. The van der Waals surface area contributed by atoms with E-state index in [1.165, 1.54) is 122 Å². The van der Waals surface area contributed by atoms with Gasteiger partial charge in [0.15, 0.2) is 17.2 Å². The van der Waals surface area contributed by atoms with Crippen molar-refractivity contribution < 1.29 is 115 Å². The molecule has 0 radical (unpaired) electrons. The van der Waals surface area contributed by atoms with Crippen LogP contribution in [0.3, 0.4) is 0 Å². The molecule has 12 N–H and O–H groups in total. The molecule has 145 heavy (non-hydrogen) atoms. The number of rotatable bonds is 19. The van der Waals surface area contributed by atoms with E-state index in [0.717, 1.165) is 157 Å². The van der Waals surface area contributed by atoms with Gasteiger partial charge < -0.3 is 85.8 Å². The predicted octanol–water partition coefficient (Wildman–Crippen LogP) is 18.7. The second-order valence-corrected chi connectivity index (χ2v) is 56.2. The molecule has 17 saturated carbocycles. The highest BCUT2D eigenvalue weighted by Crippen LogP contribution is 2.76. The van der Waals surface area contributed by atoms with Gasteiger partial charge in [-0.3, -0.25) is 24.0 Å². The number of methoxy groups -OCH3 is 1. The van der Waals surface area contributed by atoms with E-state index >= 15 is 0 Å². The highest BCUT2D eigenvalue weighted by molar-refractivity contribution is 6.32. The number of aliphatic hydroxyl groups excluding tert-OH is 7. The lowest BCUT2D eigenvalue weighted by atomic mass is 9.44. The number of ether oxygens (including phenoxy) is 1. The zero-order chi connectivity index (χ0) is 106. The Morgan fingerprint density at radius 3 is 1.74 bits per heavy atom. The molecule has 0 heterocycles. The Kier molecular flexibility index (Phi) is 32.0. The smallest absolute Gasteiger partial charge is 0.335 e. The number of aliphatic hydroxyl groups is 9. The van der Waals surface area contributed by atoms with Gasteiger partial charge in [0.25, 0.3) is 1.43 Å². The molecule has 20 rings (SSSR count). The summed E-state index contributed by atoms with van der Waals surface area (Å²) in [5.74, 6) is 1.58. The van der Waals surface area contributed by atoms with Gasteiger partial charge in [0.05, 0.1) is 66.8 Å². The van der Waals surface area contributed by atoms with Gasteiger partial charge in [-0.1, -0.05) is 119 Å². The van der Waals surface area contributed by atoms with Crippen LogP contribution >= 0.6 is 0 Å². The molecule has 23 nitrogen and oxygen atoms in total. The number of carboxylic acid groups (broad SMARTS) is 5. The van der Waals surface area contributed by atoms with Crippen LogP contribution in [0, 0.1) is 202 Å². The first-order chi connectivity index (χ1) is 68.4. The summed E-state index contributed by atoms with van der Waals surface area (Å²) in [6.45, 7) is 34.9. The maximum atomic E-state index is 13.2. The minimum Gasteiger partial charge on any atom is -0.550 e. The van der Waals surface area contributed by atoms with Crippen molar-refractivity contribution >= 4 is 47.4 Å². The molecule has 44 atom stereocenters. The van der Waals surface area contributed by atoms with E-state index in [9.17, 15) is 105 Å². The molecule has 20 aliphatic carbocycles. The highest BCUT2D eigenvalue weighted by Gasteiger charge is 2.72. The van der Waals surface area contributed by atoms with Crippen molar-refractivity contribution in [2.24, 2.45) is 202 Å². The summed E-state index contributed by atoms with van der Waals surface area (Å²) in [7, 11) is 1.35. The molecular formula is C122H190O23-2. The van der Waals surface area contributed by atoms with Gasteiger partial charge in [-0.05, 0) is 489 Å². The van der Waals surface area contributed by atoms with Crippen LogP contribution in [-0.4, -0.2) is 170 Å². The van der Waals surface area contributed by atoms with E-state index in [2.05, 4.69) is 80.4 Å². The zero-order valence-electron chi connectivity index (χ0n) is 92.6. The predicted molar refractivity (Wildman–Crippen MR) is 548 cm³/mol. The minimum absolute atomic E-state index is 0.0272. The van der Waals surface area contributed by atoms with Gasteiger partial charge >= 0.3 is 23.9 Å². The average Bonchev–Trinajstić information content (AvgIpc) is 1.48. The van der Waals surface area contributed by atoms with Crippen LogP contribution in [0.2, 0.25) is 0 Å². The SMILES string of the molecule is COC(=O)CC[C@@H](C(=O)[O-])C1CCC2C3CC[C@H]4C[C@@H](O)CC[C@]4(C)C3CC[C@@]21C.C[C@@H](C1CC[C@@]2(O)C3=CC(=O)[C@@H]4C[C@@H](O)[C@@H](O)C[C@]4(C)C3CC[C@]12C)[C@H](O)CCC(C)(O)C(=O)O.C[C@]12CCC3C(CC[C@@H]4CCCC[C@]34C)C1CC[C@@H]2C(=O)O.C[C@]12C[C@H](O)C3C(CC[C@@H]4C[C@H](O)CC[C@]34C)C1CC[C@@H]2C(=O)C(=O)[O-].[3H]OC(=O)[C@]1(C)[C@@H](O)CC[C@]2(C)C3=C(CC[C@@H]12)C1CCC([C@H](C)CCC=C(C)C)[C@@]1(C)CC3. The number of hydrogen-bond acceptors (Lipinski definition) is 21. The van der Waals surface area contributed by atoms with Crippen LogP contribution in [0.15, 0.2) is 34.4 Å². The molecule has 818 valence electrons. The van der Waals surface area contributed by atoms with Crippen molar-refractivity contribution in [1.29, 1.82) is 1.43 Å². The summed E-state index contributed by atoms with van der Waals surface area (Å²) in [6, 6.07) is 0. The van der Waals surface area contributed by atoms with Crippen LogP contribution in [0.5, 0.6) is 0 Å². The number of hydrogen-bond donors (Lipinski definition) is 12. The summed E-state index contributed by atoms with van der Waals surface area (Å²) >= 11 is 0. The van der Waals surface area contributed by atoms with Crippen LogP contribution in [0.1, 0.15) is 413 Å². The molecule has 0 spiro atoms. The minimum atomic E-state index is -1.91. The Morgan fingerprint density at radius 2 is 1.11 bits per heavy atom. The van der Waals surface area contributed by atoms with Gasteiger partial charge in [-0.2, -0.15) is 0 Å². The Labute approximate surface area is 868 Å². The highest BCUT2D eigenvalue weighted by atomic mass is 16.5. The van der Waals surface area contributed by atoms with Crippen LogP contribution in [-0.2, 0) is 43.1 Å². The lowest BCUT2D eigenvalue weighted by Gasteiger charge is -2.62. The molecule has 0 amide bonds. The van der Waals surface area contributed by atoms with Crippen molar-refractivity contribution in [2.75, 3.05) is 7.11 Å². The topological polar surface area (TPSA) is 435 Å². The number of carbonyl (C=O) groups is 8. The molecule has 0 aromatic heterocycles. The second-order valence-electron chi connectivity index (χ2n) is 56.2. The van der Waals surface area contributed by atoms with E-state index in [-0.39, 0.29) is 119 Å². The van der Waals surface area contributed by atoms with Crippen LogP contribution < -0.4 is 10.2 Å². The summed E-state index contributed by atoms with van der Waals surface area (Å²) in [5, 5.41) is 143. The maximum Gasteiger partial charge on any atom is 0.335 e. The number of ketones is 2. The van der Waals surface area contributed by atoms with E-state index in [0.29, 0.717) is 121 Å². The van der Waals surface area contributed by atoms with Crippen LogP contribution in [0.4, 0.5) is 0 Å². The van der Waals surface area contributed by atoms with Gasteiger partial charge in [0.2, 0.25) is 0 Å². The largest absolute Gasteiger partial charge is 0.550 e. The second kappa shape index (κ2) is 41.7. The third kappa shape index (κ3) is 19.2. The van der Waals surface area contributed by atoms with Crippen LogP contribution in [0.25, 0.3) is 1.43 Å². The molecule has 17 fully saturated rings. The fourth-order valence-corrected chi connectivity index (χ4v) is 41.8. The quantitative estimate of drug-likeness (QED) is 0.0325. The van der Waals surface area contributed by atoms with Gasteiger partial charge in [0, 0.05) is 35.6 Å². The fourth-order valence-electron chi connectivity index (χ4n) is 41.8. The fraction of sp³-hybridized carbons (Fsp3) is 0.885. The Balaban J connectivity index is 0.000000132. The van der Waals surface area contributed by atoms with Gasteiger partial charge in [-0.15, -0.1) is 0 Å². The summed E-state index contributed by atoms with van der Waals surface area (Å²) < 4.78 is 12.0. The number of Topliss-reactive ketones (excluding diaryl/α,β-unsaturated/α-hetero) is 1. The number of aliphatic carboxylic acids is 5. The van der Waals surface area contributed by atoms with Crippen molar-refractivity contribution in [1.82, 2.24) is 0 Å². The first-order valence-corrected chi connectivity index (χ1v) is 58.4. The van der Waals surface area contributed by atoms with Gasteiger partial charge in [-0.25, -0.2) is 4.79 Å². The average molecular weight is 2030 g/mol. The molecule has 0 bridgehead atoms. The van der Waals surface area contributed by atoms with E-state index in [1.807, 2.05) is 34.6 Å². The van der Waals surface area contributed by atoms with E-state index < -0.39 is 111 Å². The van der Waals surface area contributed by atoms with Crippen molar-refractivity contribution in [2.45, 2.75) is 466 Å². The zero-order valence-corrected chi connectivity index (χ0v) is 91.6. The van der Waals surface area contributed by atoms with Crippen molar-refractivity contribution in [3.8, 4) is 0 Å². The first kappa shape index (κ1) is 111. The first-order valence-electron chi connectivity index (χ1n) is 58.8. The Bertz CT molecular complexity index is 4880. The molecule has 0 aromatic rings. The monoisotopic (exact) mass is 2030 g/mol. The standard InChI is InChI=1S/C29H46O3.C27H42O8.C25H40O5.C21H32O5.C20H32O2/c1-18(2)8-7-9-19(3)21-11-12-22-20-10-13-24-28(5,23(20)14-16-27(21,22)4)17-15-25(30)29(24,6)26(31)32;1-14(19(28)7-9-26(4,34)23(32)33)15-6-10-27(35)17-11-20(29)18-12-21(30)22(31)13-24(18,2)16(17)5-8-25(15,27)3;1-24-12-10-16(26)14-15(24)4-5-17-19-7-8-20(25(19,2)13-11-21(17)24)18(23(28)29)6-9-22(27)30-3;1-20-8-7-12(22)9-11(20)3-4-13-14-5-6-15(18(24)19(25)26)21(14,2)10-16(23)17(13)20;1-19-11-4-3-5-13(19)6-7-14-15-8-9-17(18(21)22)20(15,2)12-10-16(14)19/h8,19,21-22,24-25,30H,7,9-17H2,1-6H3,(H,31,32);11,14-16,18-19,21-22,28,30-31,34-35H,5-10,12-13H2,1-4H3,(H,32,33);15-21,26H,4-14H2,1-3H3,(H,28,29);11-17,22-23H,3-10H2,1-2H3,(H,25,26);13-17H,3-12H2,1-2H3,(H,21,22)/p-2/t19-,21?,22?,24-,25+,27-,28-,29+;14-,15?,16?,18-,19+,21+,22-,24+,25+,26?,27+;15-,16-,17?,18+,19?,20?,21?,24-,25-;11-,12-,13?,14?,15-,16+,17?,20+,21+;13-,14?,15?,16?,17+,19-,20-/m10010/s1/i/hT. The molecular weight excluding hydrogens is 1830 g/mol. The van der Waals surface area contributed by atoms with Gasteiger partial charge in [0.1, 0.15) is 5.97 Å². The lowest BCUT2D eigenvalue weighted by molar-refractivity contribution is -0.315. The van der Waals surface area contributed by atoms with E-state index in [4.69, 9.17) is 6.17 Å². The summed E-state index contributed by atoms with van der Waals surface area (Å²) in [5.41, 5.74) is 1.26. The lowest BCUT2D eigenvalue weighted by Crippen LogP contribution is -2.61. The third-order valence-electron chi connectivity index (χ3n) is 50.1. The molecule has 0 aliphatic heterocycles. The third-order valence-corrected chi connectivity index (χ3v) is 50.1. The van der Waals surface area contributed by atoms with E-state index in [1.54, 1.807) is 17.2 Å². The number of carboxylic acids is 5. The molecule has 15 unspecified atom stereocenters. The van der Waals surface area contributed by atoms with Crippen molar-refractivity contribution in [3.63, 3.8) is 0 Å². The summed E-state index contributed by atoms with van der Waals surface area (Å²) in [4.78, 5) is 96.1. The number of allylic oxidation sites excluding steroid dienone is 5. The molecule has 20 aliphatic rings.